The predicted octanol–water partition coefficient (Wildman–Crippen LogP) is 4.27. The Morgan fingerprint density at radius 1 is 1.05 bits per heavy atom. The number of hydroxylamine groups is 3. The van der Waals surface area contributed by atoms with Crippen molar-refractivity contribution in [2.75, 3.05) is 20.1 Å². The van der Waals surface area contributed by atoms with E-state index >= 15 is 0 Å². The van der Waals surface area contributed by atoms with Gasteiger partial charge in [0.2, 0.25) is 0 Å². The summed E-state index contributed by atoms with van der Waals surface area (Å²) >= 11 is 6.16. The maximum Gasteiger partial charge on any atom is 0.131 e. The molecule has 0 amide bonds. The van der Waals surface area contributed by atoms with E-state index in [4.69, 9.17) is 16.3 Å². The fraction of sp³-hybridized carbons (Fsp3) is 0.294. The first-order valence-electron chi connectivity index (χ1n) is 7.15. The predicted molar refractivity (Wildman–Crippen MR) is 82.7 cm³/mol. The summed E-state index contributed by atoms with van der Waals surface area (Å²) < 4.78 is 5.88. The fourth-order valence-electron chi connectivity index (χ4n) is 3.69. The van der Waals surface area contributed by atoms with Crippen LogP contribution in [0.5, 0.6) is 11.5 Å². The summed E-state index contributed by atoms with van der Waals surface area (Å²) in [5.74, 6) is 2.02. The largest absolute Gasteiger partial charge is 0.633 e. The number of hydrogen-bond acceptors (Lipinski definition) is 2. The molecule has 2 aliphatic rings. The highest BCUT2D eigenvalue weighted by atomic mass is 35.5. The Kier molecular flexibility index (Phi) is 2.80. The van der Waals surface area contributed by atoms with Gasteiger partial charge in [-0.3, -0.25) is 0 Å². The van der Waals surface area contributed by atoms with Gasteiger partial charge in [-0.2, -0.15) is 0 Å². The minimum absolute atomic E-state index is 0.157. The summed E-state index contributed by atoms with van der Waals surface area (Å²) in [7, 11) is 1.75. The highest BCUT2D eigenvalue weighted by Crippen LogP contribution is 2.51. The molecule has 0 N–H and O–H groups in total. The van der Waals surface area contributed by atoms with Gasteiger partial charge in [0.05, 0.1) is 20.1 Å². The van der Waals surface area contributed by atoms with Crippen LogP contribution in [0.25, 0.3) is 0 Å². The van der Waals surface area contributed by atoms with Crippen LogP contribution in [0.2, 0.25) is 5.02 Å². The molecular formula is C17H16ClNO2. The number of quaternary nitrogens is 1. The fourth-order valence-corrected chi connectivity index (χ4v) is 3.87. The van der Waals surface area contributed by atoms with Gasteiger partial charge in [0.25, 0.3) is 0 Å². The van der Waals surface area contributed by atoms with Gasteiger partial charge in [-0.05, 0) is 24.3 Å². The van der Waals surface area contributed by atoms with Crippen LogP contribution in [0.1, 0.15) is 23.0 Å². The Morgan fingerprint density at radius 2 is 1.71 bits per heavy atom. The van der Waals surface area contributed by atoms with Crippen molar-refractivity contribution >= 4 is 11.6 Å². The number of rotatable bonds is 0. The van der Waals surface area contributed by atoms with E-state index < -0.39 is 0 Å². The maximum absolute atomic E-state index is 12.5. The van der Waals surface area contributed by atoms with E-state index in [9.17, 15) is 5.21 Å². The zero-order valence-electron chi connectivity index (χ0n) is 11.8. The zero-order chi connectivity index (χ0) is 14.6. The van der Waals surface area contributed by atoms with E-state index in [1.54, 1.807) is 7.05 Å². The van der Waals surface area contributed by atoms with Gasteiger partial charge in [-0.25, -0.2) is 0 Å². The Balaban J connectivity index is 1.94. The van der Waals surface area contributed by atoms with Crippen LogP contribution >= 0.6 is 11.6 Å². The highest BCUT2D eigenvalue weighted by molar-refractivity contribution is 6.30. The van der Waals surface area contributed by atoms with Crippen molar-refractivity contribution in [2.24, 2.45) is 0 Å². The molecule has 0 spiro atoms. The highest BCUT2D eigenvalue weighted by Gasteiger charge is 2.44. The molecule has 2 aromatic rings. The van der Waals surface area contributed by atoms with Crippen LogP contribution < -0.4 is 4.74 Å². The molecule has 1 fully saturated rings. The molecule has 108 valence electrons. The average Bonchev–Trinajstić information content (AvgIpc) is 2.71. The van der Waals surface area contributed by atoms with E-state index in [0.717, 1.165) is 22.6 Å². The molecule has 0 saturated carbocycles. The Hall–Kier alpha value is -1.55. The molecule has 2 aromatic carbocycles. The lowest BCUT2D eigenvalue weighted by Crippen LogP contribution is -2.34. The summed E-state index contributed by atoms with van der Waals surface area (Å²) in [6.45, 7) is 1.15. The summed E-state index contributed by atoms with van der Waals surface area (Å²) in [5.41, 5.74) is 2.19. The second-order valence-corrected chi connectivity index (χ2v) is 6.63. The number of ether oxygens (including phenoxy) is 1. The lowest BCUT2D eigenvalue weighted by molar-refractivity contribution is -0.848. The number of hydrogen-bond donors (Lipinski definition) is 0. The van der Waals surface area contributed by atoms with E-state index in [-0.39, 0.29) is 16.5 Å². The van der Waals surface area contributed by atoms with Gasteiger partial charge in [-0.1, -0.05) is 29.8 Å². The number of benzene rings is 2. The average molecular weight is 302 g/mol. The summed E-state index contributed by atoms with van der Waals surface area (Å²) in [5, 5.41) is 13.2. The third-order valence-electron chi connectivity index (χ3n) is 4.56. The number of halogens is 1. The van der Waals surface area contributed by atoms with E-state index in [1.807, 2.05) is 36.4 Å². The Morgan fingerprint density at radius 3 is 2.52 bits per heavy atom. The molecule has 1 saturated heterocycles. The molecule has 3 atom stereocenters. The summed E-state index contributed by atoms with van der Waals surface area (Å²) in [6.07, 6.45) is 0. The van der Waals surface area contributed by atoms with Crippen molar-refractivity contribution in [1.29, 1.82) is 0 Å². The molecule has 0 aliphatic carbocycles. The molecule has 3 nitrogen and oxygen atoms in total. The molecule has 4 heteroatoms. The van der Waals surface area contributed by atoms with E-state index in [2.05, 4.69) is 6.07 Å². The van der Waals surface area contributed by atoms with E-state index in [0.29, 0.717) is 18.1 Å². The number of nitrogens with zero attached hydrogens (tertiary/aromatic N) is 1. The topological polar surface area (TPSA) is 32.3 Å². The van der Waals surface area contributed by atoms with Crippen LogP contribution in [-0.4, -0.2) is 24.8 Å². The number of likely N-dealkylation sites (N-methyl/N-ethyl adjacent to an activating group) is 1. The molecule has 2 heterocycles. The minimum atomic E-state index is -0.213. The Labute approximate surface area is 128 Å². The van der Waals surface area contributed by atoms with Gasteiger partial charge in [0.1, 0.15) is 11.5 Å². The second kappa shape index (κ2) is 4.47. The molecule has 21 heavy (non-hydrogen) atoms. The normalized spacial score (nSPS) is 29.9. The van der Waals surface area contributed by atoms with Gasteiger partial charge in [0, 0.05) is 28.0 Å². The lowest BCUT2D eigenvalue weighted by Gasteiger charge is -2.34. The van der Waals surface area contributed by atoms with Crippen molar-refractivity contribution in [3.63, 3.8) is 0 Å². The third kappa shape index (κ3) is 2.13. The van der Waals surface area contributed by atoms with Crippen molar-refractivity contribution in [2.45, 2.75) is 11.8 Å². The van der Waals surface area contributed by atoms with Gasteiger partial charge in [0.15, 0.2) is 0 Å². The van der Waals surface area contributed by atoms with Gasteiger partial charge < -0.3 is 14.6 Å². The number of fused-ring (bicyclic) bond motifs is 5. The van der Waals surface area contributed by atoms with E-state index in [1.165, 1.54) is 0 Å². The Bertz CT molecular complexity index is 714. The molecular weight excluding hydrogens is 286 g/mol. The number of likely N-dealkylation sites (tertiary alicyclic amines) is 1. The van der Waals surface area contributed by atoms with Crippen molar-refractivity contribution < 1.29 is 9.38 Å². The van der Waals surface area contributed by atoms with Crippen LogP contribution in [0.4, 0.5) is 0 Å². The monoisotopic (exact) mass is 301 g/mol. The van der Waals surface area contributed by atoms with Crippen LogP contribution in [0, 0.1) is 5.21 Å². The minimum Gasteiger partial charge on any atom is -0.633 e. The van der Waals surface area contributed by atoms with Crippen molar-refractivity contribution in [3.8, 4) is 11.5 Å². The van der Waals surface area contributed by atoms with Crippen molar-refractivity contribution in [3.05, 3.63) is 63.8 Å². The first kappa shape index (κ1) is 13.1. The SMILES string of the molecule is C[N+]1([O-])C[C@@H]2c3ccccc3Oc3ccc(Cl)cc3[C@H]2C1. The van der Waals surface area contributed by atoms with Gasteiger partial charge >= 0.3 is 0 Å². The molecule has 2 aliphatic heterocycles. The lowest BCUT2D eigenvalue weighted by atomic mass is 9.84. The first-order valence-corrected chi connectivity index (χ1v) is 7.53. The van der Waals surface area contributed by atoms with Gasteiger partial charge in [-0.15, -0.1) is 0 Å². The van der Waals surface area contributed by atoms with Crippen LogP contribution in [0.3, 0.4) is 0 Å². The number of para-hydroxylation sites is 1. The first-order chi connectivity index (χ1) is 10.0. The van der Waals surface area contributed by atoms with Crippen molar-refractivity contribution in [1.82, 2.24) is 0 Å². The third-order valence-corrected chi connectivity index (χ3v) is 4.80. The molecule has 4 rings (SSSR count). The van der Waals surface area contributed by atoms with Crippen LogP contribution in [-0.2, 0) is 0 Å². The standard InChI is InChI=1S/C17H16ClNO2/c1-19(20)9-14-12-4-2-3-5-16(12)21-17-7-6-11(18)8-13(17)15(14)10-19/h2-8,14-15H,9-10H2,1H3/t14-,15-,19?/m1/s1. The van der Waals surface area contributed by atoms with Crippen LogP contribution in [0.15, 0.2) is 42.5 Å². The molecule has 0 aromatic heterocycles. The molecule has 0 bridgehead atoms. The molecule has 0 radical (unpaired) electrons. The summed E-state index contributed by atoms with van der Waals surface area (Å²) in [6, 6.07) is 13.7. The maximum atomic E-state index is 12.5. The molecule has 1 unspecified atom stereocenters. The zero-order valence-corrected chi connectivity index (χ0v) is 12.5. The second-order valence-electron chi connectivity index (χ2n) is 6.20. The smallest absolute Gasteiger partial charge is 0.131 e. The quantitative estimate of drug-likeness (QED) is 0.537. The summed E-state index contributed by atoms with van der Waals surface area (Å²) in [4.78, 5) is 0.